The van der Waals surface area contributed by atoms with Gasteiger partial charge in [0, 0.05) is 39.3 Å². The van der Waals surface area contributed by atoms with Crippen molar-refractivity contribution < 1.29 is 4.74 Å². The fraction of sp³-hybridized carbons (Fsp3) is 0.389. The Hall–Kier alpha value is -2.61. The first-order chi connectivity index (χ1) is 12.7. The molecule has 7 nitrogen and oxygen atoms in total. The van der Waals surface area contributed by atoms with Crippen molar-refractivity contribution in [1.82, 2.24) is 14.8 Å². The summed E-state index contributed by atoms with van der Waals surface area (Å²) < 4.78 is 8.18. The molecule has 1 aromatic carbocycles. The molecule has 0 bridgehead atoms. The quantitative estimate of drug-likeness (QED) is 0.700. The van der Waals surface area contributed by atoms with Gasteiger partial charge in [-0.25, -0.2) is 9.67 Å². The Kier molecular flexibility index (Phi) is 4.50. The highest BCUT2D eigenvalue weighted by atomic mass is 32.1. The Morgan fingerprint density at radius 2 is 1.96 bits per heavy atom. The Morgan fingerprint density at radius 1 is 1.19 bits per heavy atom. The van der Waals surface area contributed by atoms with Crippen molar-refractivity contribution in [2.75, 3.05) is 42.6 Å². The second-order valence-corrected chi connectivity index (χ2v) is 7.19. The first-order valence-corrected chi connectivity index (χ1v) is 9.53. The van der Waals surface area contributed by atoms with Gasteiger partial charge >= 0.3 is 0 Å². The van der Waals surface area contributed by atoms with E-state index in [-0.39, 0.29) is 5.56 Å². The minimum Gasteiger partial charge on any atom is -0.492 e. The van der Waals surface area contributed by atoms with Crippen LogP contribution in [0.4, 0.5) is 10.8 Å². The van der Waals surface area contributed by atoms with Gasteiger partial charge in [0.1, 0.15) is 11.3 Å². The summed E-state index contributed by atoms with van der Waals surface area (Å²) in [5, 5.41) is 5.13. The van der Waals surface area contributed by atoms with Gasteiger partial charge in [-0.3, -0.25) is 4.79 Å². The van der Waals surface area contributed by atoms with E-state index in [0.29, 0.717) is 6.61 Å². The topological polar surface area (TPSA) is 63.5 Å². The Balaban J connectivity index is 1.51. The zero-order chi connectivity index (χ0) is 18.1. The van der Waals surface area contributed by atoms with E-state index in [2.05, 4.69) is 21.0 Å². The van der Waals surface area contributed by atoms with Crippen LogP contribution in [0.15, 0.2) is 35.3 Å². The van der Waals surface area contributed by atoms with Crippen molar-refractivity contribution in [3.8, 4) is 5.75 Å². The molecule has 0 radical (unpaired) electrons. The molecule has 0 saturated carbocycles. The number of rotatable bonds is 4. The summed E-state index contributed by atoms with van der Waals surface area (Å²) in [5.41, 5.74) is 1.74. The van der Waals surface area contributed by atoms with Crippen molar-refractivity contribution in [2.24, 2.45) is 7.05 Å². The van der Waals surface area contributed by atoms with E-state index in [9.17, 15) is 4.79 Å². The summed E-state index contributed by atoms with van der Waals surface area (Å²) in [5.74, 6) is 0.845. The van der Waals surface area contributed by atoms with Crippen LogP contribution in [0.2, 0.25) is 0 Å². The standard InChI is InChI=1S/C18H21N5O2S/c1-3-25-14-5-4-6-15-17(14)20-18(26-15)23-9-7-22(8-10-23)13-11-16(24)21(2)19-12-13/h4-6,11-12H,3,7-10H2,1-2H3. The Labute approximate surface area is 155 Å². The van der Waals surface area contributed by atoms with E-state index < -0.39 is 0 Å². The molecule has 0 unspecified atom stereocenters. The zero-order valence-electron chi connectivity index (χ0n) is 14.9. The lowest BCUT2D eigenvalue weighted by Crippen LogP contribution is -2.47. The summed E-state index contributed by atoms with van der Waals surface area (Å²) in [6, 6.07) is 7.71. The van der Waals surface area contributed by atoms with Gasteiger partial charge < -0.3 is 14.5 Å². The lowest BCUT2D eigenvalue weighted by atomic mass is 10.3. The Morgan fingerprint density at radius 3 is 2.69 bits per heavy atom. The summed E-state index contributed by atoms with van der Waals surface area (Å²) in [4.78, 5) is 21.1. The first kappa shape index (κ1) is 16.8. The fourth-order valence-corrected chi connectivity index (χ4v) is 4.14. The third kappa shape index (κ3) is 3.12. The van der Waals surface area contributed by atoms with Gasteiger partial charge in [0.25, 0.3) is 5.56 Å². The molecule has 2 aromatic heterocycles. The van der Waals surface area contributed by atoms with Crippen molar-refractivity contribution in [1.29, 1.82) is 0 Å². The van der Waals surface area contributed by atoms with Gasteiger partial charge in [-0.2, -0.15) is 5.10 Å². The number of ether oxygens (including phenoxy) is 1. The molecule has 1 saturated heterocycles. The third-order valence-corrected chi connectivity index (χ3v) is 5.62. The molecule has 0 atom stereocenters. The number of nitrogens with zero attached hydrogens (tertiary/aromatic N) is 5. The molecule has 0 aliphatic carbocycles. The van der Waals surface area contributed by atoms with Crippen LogP contribution < -0.4 is 20.1 Å². The lowest BCUT2D eigenvalue weighted by molar-refractivity contribution is 0.344. The van der Waals surface area contributed by atoms with Crippen LogP contribution in [-0.2, 0) is 7.05 Å². The van der Waals surface area contributed by atoms with Gasteiger partial charge in [0.2, 0.25) is 0 Å². The molecule has 136 valence electrons. The largest absolute Gasteiger partial charge is 0.492 e. The van der Waals surface area contributed by atoms with Crippen LogP contribution in [0.25, 0.3) is 10.2 Å². The highest BCUT2D eigenvalue weighted by Gasteiger charge is 2.21. The number of aromatic nitrogens is 3. The maximum Gasteiger partial charge on any atom is 0.268 e. The monoisotopic (exact) mass is 371 g/mol. The van der Waals surface area contributed by atoms with E-state index in [0.717, 1.165) is 53.0 Å². The van der Waals surface area contributed by atoms with Gasteiger partial charge in [-0.05, 0) is 19.1 Å². The molecule has 0 amide bonds. The number of aryl methyl sites for hydroxylation is 1. The molecule has 0 N–H and O–H groups in total. The van der Waals surface area contributed by atoms with Gasteiger partial charge in [0.05, 0.1) is 23.2 Å². The first-order valence-electron chi connectivity index (χ1n) is 8.71. The van der Waals surface area contributed by atoms with E-state index in [1.807, 2.05) is 19.1 Å². The van der Waals surface area contributed by atoms with E-state index in [1.54, 1.807) is 30.6 Å². The molecule has 1 aliphatic heterocycles. The van der Waals surface area contributed by atoms with E-state index >= 15 is 0 Å². The highest BCUT2D eigenvalue weighted by Crippen LogP contribution is 2.34. The number of benzene rings is 1. The van der Waals surface area contributed by atoms with Crippen LogP contribution in [0.3, 0.4) is 0 Å². The van der Waals surface area contributed by atoms with Gasteiger partial charge in [-0.15, -0.1) is 0 Å². The summed E-state index contributed by atoms with van der Waals surface area (Å²) in [6.45, 7) is 6.01. The van der Waals surface area contributed by atoms with Crippen LogP contribution in [0.5, 0.6) is 5.75 Å². The molecule has 1 aliphatic rings. The summed E-state index contributed by atoms with van der Waals surface area (Å²) in [6.07, 6.45) is 1.75. The normalized spacial score (nSPS) is 14.8. The van der Waals surface area contributed by atoms with Crippen LogP contribution >= 0.6 is 11.3 Å². The van der Waals surface area contributed by atoms with Crippen molar-refractivity contribution in [3.63, 3.8) is 0 Å². The van der Waals surface area contributed by atoms with Gasteiger partial charge in [0.15, 0.2) is 5.13 Å². The average molecular weight is 371 g/mol. The lowest BCUT2D eigenvalue weighted by Gasteiger charge is -2.35. The number of para-hydroxylation sites is 1. The SMILES string of the molecule is CCOc1cccc2sc(N3CCN(c4cnn(C)c(=O)c4)CC3)nc12. The molecular formula is C18H21N5O2S. The fourth-order valence-electron chi connectivity index (χ4n) is 3.11. The smallest absolute Gasteiger partial charge is 0.268 e. The summed E-state index contributed by atoms with van der Waals surface area (Å²) in [7, 11) is 1.66. The van der Waals surface area contributed by atoms with E-state index in [4.69, 9.17) is 9.72 Å². The predicted octanol–water partition coefficient (Wildman–Crippen LogP) is 2.12. The molecule has 0 spiro atoms. The Bertz CT molecular complexity index is 975. The maximum atomic E-state index is 11.8. The molecule has 3 heterocycles. The van der Waals surface area contributed by atoms with Crippen LogP contribution in [0, 0.1) is 0 Å². The minimum atomic E-state index is -0.0837. The highest BCUT2D eigenvalue weighted by molar-refractivity contribution is 7.22. The minimum absolute atomic E-state index is 0.0837. The zero-order valence-corrected chi connectivity index (χ0v) is 15.7. The molecule has 3 aromatic rings. The number of fused-ring (bicyclic) bond motifs is 1. The van der Waals surface area contributed by atoms with Gasteiger partial charge in [-0.1, -0.05) is 17.4 Å². The average Bonchev–Trinajstić information content (AvgIpc) is 3.10. The number of piperazine rings is 1. The van der Waals surface area contributed by atoms with Crippen LogP contribution in [0.1, 0.15) is 6.92 Å². The number of thiazole rings is 1. The number of hydrogen-bond donors (Lipinski definition) is 0. The second kappa shape index (κ2) is 6.95. The molecule has 1 fully saturated rings. The molecule has 8 heteroatoms. The predicted molar refractivity (Wildman–Crippen MR) is 105 cm³/mol. The van der Waals surface area contributed by atoms with E-state index in [1.165, 1.54) is 4.68 Å². The molecule has 26 heavy (non-hydrogen) atoms. The summed E-state index contributed by atoms with van der Waals surface area (Å²) >= 11 is 1.70. The number of hydrogen-bond acceptors (Lipinski definition) is 7. The van der Waals surface area contributed by atoms with Crippen molar-refractivity contribution >= 4 is 32.4 Å². The molecular weight excluding hydrogens is 350 g/mol. The van der Waals surface area contributed by atoms with Crippen molar-refractivity contribution in [3.05, 3.63) is 40.8 Å². The number of anilines is 2. The third-order valence-electron chi connectivity index (χ3n) is 4.54. The second-order valence-electron chi connectivity index (χ2n) is 6.18. The molecule has 4 rings (SSSR count). The maximum absolute atomic E-state index is 11.8. The van der Waals surface area contributed by atoms with Crippen LogP contribution in [-0.4, -0.2) is 47.6 Å². The van der Waals surface area contributed by atoms with Crippen molar-refractivity contribution in [2.45, 2.75) is 6.92 Å².